The van der Waals surface area contributed by atoms with E-state index in [4.69, 9.17) is 0 Å². The number of alkyl halides is 1. The molecule has 3 heteroatoms. The third-order valence-corrected chi connectivity index (χ3v) is 3.07. The summed E-state index contributed by atoms with van der Waals surface area (Å²) in [5, 5.41) is 4.54. The summed E-state index contributed by atoms with van der Waals surface area (Å²) in [6, 6.07) is 8.24. The number of benzene rings is 1. The van der Waals surface area contributed by atoms with Gasteiger partial charge in [-0.05, 0) is 11.6 Å². The lowest BCUT2D eigenvalue weighted by molar-refractivity contribution is 1.25. The Morgan fingerprint density at radius 3 is 3.13 bits per heavy atom. The van der Waals surface area contributed by atoms with Crippen molar-refractivity contribution in [1.82, 2.24) is 4.98 Å². The third kappa shape index (κ3) is 1.43. The van der Waals surface area contributed by atoms with Crippen molar-refractivity contribution in [3.8, 4) is 0 Å². The van der Waals surface area contributed by atoms with Crippen molar-refractivity contribution in [2.75, 3.05) is 5.32 Å². The minimum absolute atomic E-state index is 0.192. The summed E-state index contributed by atoms with van der Waals surface area (Å²) >= 11 is 3.52. The smallest absolute Gasteiger partial charge is 0.101 e. The van der Waals surface area contributed by atoms with Crippen LogP contribution in [0.3, 0.4) is 0 Å². The number of halogens is 1. The monoisotopic (exact) mass is 260 g/mol. The van der Waals surface area contributed by atoms with Gasteiger partial charge >= 0.3 is 0 Å². The summed E-state index contributed by atoms with van der Waals surface area (Å²) in [4.78, 5) is 4.60. The lowest BCUT2D eigenvalue weighted by atomic mass is 10.1. The molecule has 2 nitrogen and oxygen atoms in total. The van der Waals surface area contributed by atoms with Gasteiger partial charge in [-0.3, -0.25) is 4.98 Å². The standard InChI is InChI=1S/C12H9BrN2/c13-10-6-5-9-4-3-8-2-1-7-14-11(8)12(9)15-10/h1-7,10,15H. The van der Waals surface area contributed by atoms with Gasteiger partial charge in [-0.1, -0.05) is 46.3 Å². The first-order chi connectivity index (χ1) is 7.34. The quantitative estimate of drug-likeness (QED) is 0.580. The zero-order valence-electron chi connectivity index (χ0n) is 7.94. The fourth-order valence-corrected chi connectivity index (χ4v) is 2.21. The van der Waals surface area contributed by atoms with Crippen LogP contribution in [0.5, 0.6) is 0 Å². The summed E-state index contributed by atoms with van der Waals surface area (Å²) in [5.41, 5.74) is 3.33. The summed E-state index contributed by atoms with van der Waals surface area (Å²) in [6.07, 6.45) is 6.02. The zero-order chi connectivity index (χ0) is 10.3. The van der Waals surface area contributed by atoms with Crippen LogP contribution in [-0.2, 0) is 0 Å². The highest BCUT2D eigenvalue weighted by molar-refractivity contribution is 9.09. The third-order valence-electron chi connectivity index (χ3n) is 2.53. The van der Waals surface area contributed by atoms with Crippen LogP contribution in [0.25, 0.3) is 17.0 Å². The van der Waals surface area contributed by atoms with E-state index in [0.29, 0.717) is 0 Å². The second-order valence-corrected chi connectivity index (χ2v) is 4.50. The first kappa shape index (κ1) is 8.92. The van der Waals surface area contributed by atoms with E-state index in [1.54, 1.807) is 0 Å². The van der Waals surface area contributed by atoms with Crippen molar-refractivity contribution in [1.29, 1.82) is 0 Å². The Bertz CT molecular complexity index is 548. The Morgan fingerprint density at radius 2 is 2.20 bits per heavy atom. The van der Waals surface area contributed by atoms with Crippen LogP contribution in [-0.4, -0.2) is 9.94 Å². The van der Waals surface area contributed by atoms with E-state index < -0.39 is 0 Å². The number of nitrogens with zero attached hydrogens (tertiary/aromatic N) is 1. The molecule has 0 bridgehead atoms. The van der Waals surface area contributed by atoms with Gasteiger partial charge in [0.15, 0.2) is 0 Å². The molecule has 0 radical (unpaired) electrons. The fourth-order valence-electron chi connectivity index (χ4n) is 1.83. The van der Waals surface area contributed by atoms with Gasteiger partial charge in [-0.25, -0.2) is 0 Å². The summed E-state index contributed by atoms with van der Waals surface area (Å²) < 4.78 is 0. The molecule has 15 heavy (non-hydrogen) atoms. The van der Waals surface area contributed by atoms with Crippen LogP contribution in [0.1, 0.15) is 5.56 Å². The number of hydrogen-bond donors (Lipinski definition) is 1. The van der Waals surface area contributed by atoms with Gasteiger partial charge in [0.25, 0.3) is 0 Å². The van der Waals surface area contributed by atoms with Gasteiger partial charge < -0.3 is 5.32 Å². The first-order valence-electron chi connectivity index (χ1n) is 4.81. The van der Waals surface area contributed by atoms with Gasteiger partial charge in [0.1, 0.15) is 4.95 Å². The van der Waals surface area contributed by atoms with Crippen LogP contribution >= 0.6 is 15.9 Å². The lowest BCUT2D eigenvalue weighted by Gasteiger charge is -2.18. The average molecular weight is 261 g/mol. The van der Waals surface area contributed by atoms with E-state index in [-0.39, 0.29) is 4.95 Å². The molecule has 0 amide bonds. The van der Waals surface area contributed by atoms with Crippen molar-refractivity contribution >= 4 is 38.6 Å². The van der Waals surface area contributed by atoms with Gasteiger partial charge in [0.05, 0.1) is 11.2 Å². The molecule has 0 fully saturated rings. The molecule has 2 aromatic rings. The van der Waals surface area contributed by atoms with Crippen molar-refractivity contribution < 1.29 is 0 Å². The average Bonchev–Trinajstić information content (AvgIpc) is 2.29. The summed E-state index contributed by atoms with van der Waals surface area (Å²) in [7, 11) is 0. The summed E-state index contributed by atoms with van der Waals surface area (Å²) in [6.45, 7) is 0. The molecule has 3 rings (SSSR count). The van der Waals surface area contributed by atoms with Crippen LogP contribution in [0.4, 0.5) is 5.69 Å². The predicted molar refractivity (Wildman–Crippen MR) is 67.1 cm³/mol. The molecule has 0 aliphatic carbocycles. The molecule has 2 heterocycles. The van der Waals surface area contributed by atoms with Crippen molar-refractivity contribution in [2.24, 2.45) is 0 Å². The Balaban J connectivity index is 2.34. The highest BCUT2D eigenvalue weighted by Crippen LogP contribution is 2.31. The number of nitrogens with one attached hydrogen (secondary N) is 1. The SMILES string of the molecule is BrC1C=Cc2ccc3cccnc3c2N1. The lowest BCUT2D eigenvalue weighted by Crippen LogP contribution is -2.13. The Kier molecular flexibility index (Phi) is 1.99. The maximum Gasteiger partial charge on any atom is 0.101 e. The molecular weight excluding hydrogens is 252 g/mol. The van der Waals surface area contributed by atoms with E-state index >= 15 is 0 Å². The van der Waals surface area contributed by atoms with E-state index in [1.807, 2.05) is 12.3 Å². The number of anilines is 1. The van der Waals surface area contributed by atoms with Crippen LogP contribution in [0.15, 0.2) is 36.5 Å². The highest BCUT2D eigenvalue weighted by Gasteiger charge is 2.12. The Hall–Kier alpha value is -1.35. The van der Waals surface area contributed by atoms with E-state index in [2.05, 4.69) is 56.6 Å². The largest absolute Gasteiger partial charge is 0.367 e. The number of rotatable bonds is 0. The molecule has 1 unspecified atom stereocenters. The Labute approximate surface area is 96.1 Å². The molecule has 0 saturated heterocycles. The molecule has 1 aliphatic rings. The first-order valence-corrected chi connectivity index (χ1v) is 5.73. The highest BCUT2D eigenvalue weighted by atomic mass is 79.9. The molecule has 1 atom stereocenters. The number of aromatic nitrogens is 1. The molecule has 1 aromatic heterocycles. The zero-order valence-corrected chi connectivity index (χ0v) is 9.53. The summed E-state index contributed by atoms with van der Waals surface area (Å²) in [5.74, 6) is 0. The van der Waals surface area contributed by atoms with Crippen LogP contribution in [0, 0.1) is 0 Å². The molecule has 1 N–H and O–H groups in total. The van der Waals surface area contributed by atoms with Crippen molar-refractivity contribution in [2.45, 2.75) is 4.95 Å². The molecule has 0 saturated carbocycles. The molecule has 74 valence electrons. The minimum atomic E-state index is 0.192. The molecule has 0 spiro atoms. The second kappa shape index (κ2) is 3.35. The number of pyridine rings is 1. The molecular formula is C12H9BrN2. The minimum Gasteiger partial charge on any atom is -0.367 e. The number of fused-ring (bicyclic) bond motifs is 3. The topological polar surface area (TPSA) is 24.9 Å². The van der Waals surface area contributed by atoms with Gasteiger partial charge in [0, 0.05) is 11.6 Å². The van der Waals surface area contributed by atoms with Crippen molar-refractivity contribution in [3.63, 3.8) is 0 Å². The second-order valence-electron chi connectivity index (χ2n) is 3.51. The normalized spacial score (nSPS) is 18.6. The number of hydrogen-bond acceptors (Lipinski definition) is 2. The predicted octanol–water partition coefficient (Wildman–Crippen LogP) is 3.39. The van der Waals surface area contributed by atoms with Crippen molar-refractivity contribution in [3.05, 3.63) is 42.1 Å². The Morgan fingerprint density at radius 1 is 1.27 bits per heavy atom. The maximum absolute atomic E-state index is 4.41. The van der Waals surface area contributed by atoms with E-state index in [0.717, 1.165) is 11.2 Å². The fraction of sp³-hybridized carbons (Fsp3) is 0.0833. The van der Waals surface area contributed by atoms with Gasteiger partial charge in [0.2, 0.25) is 0 Å². The van der Waals surface area contributed by atoms with E-state index in [9.17, 15) is 0 Å². The van der Waals surface area contributed by atoms with Crippen LogP contribution < -0.4 is 5.32 Å². The van der Waals surface area contributed by atoms with Crippen LogP contribution in [0.2, 0.25) is 0 Å². The van der Waals surface area contributed by atoms with Gasteiger partial charge in [-0.15, -0.1) is 0 Å². The van der Waals surface area contributed by atoms with E-state index in [1.165, 1.54) is 10.9 Å². The maximum atomic E-state index is 4.41. The van der Waals surface area contributed by atoms with Gasteiger partial charge in [-0.2, -0.15) is 0 Å². The molecule has 1 aromatic carbocycles. The molecule has 1 aliphatic heterocycles.